The Labute approximate surface area is 152 Å². The second-order valence-corrected chi connectivity index (χ2v) is 7.94. The number of rotatable bonds is 7. The zero-order valence-electron chi connectivity index (χ0n) is 13.4. The second kappa shape index (κ2) is 8.27. The number of sulfonamides is 1. The fourth-order valence-electron chi connectivity index (χ4n) is 2.14. The molecule has 0 N–H and O–H groups in total. The molecule has 24 heavy (non-hydrogen) atoms. The molecule has 0 aliphatic rings. The smallest absolute Gasteiger partial charge is 0.244 e. The van der Waals surface area contributed by atoms with Crippen molar-refractivity contribution >= 4 is 33.2 Å². The van der Waals surface area contributed by atoms with Crippen LogP contribution in [0.5, 0.6) is 0 Å². The summed E-state index contributed by atoms with van der Waals surface area (Å²) in [4.78, 5) is 3.98. The number of hydrogen-bond acceptors (Lipinski definition) is 4. The molecule has 0 amide bonds. The van der Waals surface area contributed by atoms with Gasteiger partial charge in [-0.1, -0.05) is 23.2 Å². The highest BCUT2D eigenvalue weighted by atomic mass is 35.5. The number of hydrogen-bond donors (Lipinski definition) is 0. The largest absolute Gasteiger partial charge is 0.383 e. The van der Waals surface area contributed by atoms with Gasteiger partial charge in [-0.15, -0.1) is 0 Å². The van der Waals surface area contributed by atoms with E-state index in [0.29, 0.717) is 10.6 Å². The SMILES string of the molecule is COCCN(Cc1ccncc1)S(=O)(=O)c1cc(C)c(Cl)cc1Cl. The molecule has 0 spiro atoms. The summed E-state index contributed by atoms with van der Waals surface area (Å²) in [5.41, 5.74) is 1.47. The molecule has 130 valence electrons. The molecule has 0 saturated heterocycles. The van der Waals surface area contributed by atoms with Gasteiger partial charge in [-0.05, 0) is 42.3 Å². The van der Waals surface area contributed by atoms with E-state index in [9.17, 15) is 8.42 Å². The summed E-state index contributed by atoms with van der Waals surface area (Å²) >= 11 is 12.1. The minimum atomic E-state index is -3.80. The van der Waals surface area contributed by atoms with E-state index in [0.717, 1.165) is 5.56 Å². The van der Waals surface area contributed by atoms with Crippen LogP contribution in [0.3, 0.4) is 0 Å². The Morgan fingerprint density at radius 2 is 1.83 bits per heavy atom. The predicted molar refractivity (Wildman–Crippen MR) is 94.9 cm³/mol. The van der Waals surface area contributed by atoms with Gasteiger partial charge in [0.25, 0.3) is 0 Å². The third kappa shape index (κ3) is 4.46. The maximum absolute atomic E-state index is 13.1. The molecule has 0 saturated carbocycles. The van der Waals surface area contributed by atoms with E-state index in [1.807, 2.05) is 0 Å². The van der Waals surface area contributed by atoms with Gasteiger partial charge in [-0.25, -0.2) is 8.42 Å². The number of aromatic nitrogens is 1. The average molecular weight is 389 g/mol. The molecule has 1 aromatic heterocycles. The number of benzene rings is 1. The Balaban J connectivity index is 2.41. The van der Waals surface area contributed by atoms with Crippen molar-refractivity contribution in [1.82, 2.24) is 9.29 Å². The molecule has 0 bridgehead atoms. The van der Waals surface area contributed by atoms with Gasteiger partial charge >= 0.3 is 0 Å². The molecule has 2 rings (SSSR count). The van der Waals surface area contributed by atoms with Crippen molar-refractivity contribution in [1.29, 1.82) is 0 Å². The maximum atomic E-state index is 13.1. The van der Waals surface area contributed by atoms with Crippen LogP contribution in [0, 0.1) is 6.92 Å². The summed E-state index contributed by atoms with van der Waals surface area (Å²) in [5, 5.41) is 0.527. The summed E-state index contributed by atoms with van der Waals surface area (Å²) in [7, 11) is -2.27. The minimum absolute atomic E-state index is 0.0382. The standard InChI is InChI=1S/C16H18Cl2N2O3S/c1-12-9-16(15(18)10-14(12)17)24(21,22)20(7-8-23-2)11-13-3-5-19-6-4-13/h3-6,9-10H,7-8,11H2,1-2H3. The molecule has 2 aromatic rings. The first kappa shape index (κ1) is 19.1. The lowest BCUT2D eigenvalue weighted by molar-refractivity contribution is 0.177. The molecule has 5 nitrogen and oxygen atoms in total. The molecule has 0 aliphatic heterocycles. The Morgan fingerprint density at radius 3 is 2.46 bits per heavy atom. The molecule has 0 fully saturated rings. The van der Waals surface area contributed by atoms with E-state index in [1.54, 1.807) is 31.5 Å². The number of aryl methyl sites for hydroxylation is 1. The van der Waals surface area contributed by atoms with E-state index in [2.05, 4.69) is 4.98 Å². The van der Waals surface area contributed by atoms with Crippen LogP contribution < -0.4 is 0 Å². The van der Waals surface area contributed by atoms with Crippen molar-refractivity contribution < 1.29 is 13.2 Å². The van der Waals surface area contributed by atoms with Crippen molar-refractivity contribution in [3.63, 3.8) is 0 Å². The number of halogens is 2. The zero-order valence-corrected chi connectivity index (χ0v) is 15.7. The van der Waals surface area contributed by atoms with Crippen LogP contribution in [0.25, 0.3) is 0 Å². The third-order valence-electron chi connectivity index (χ3n) is 3.48. The zero-order chi connectivity index (χ0) is 17.7. The summed E-state index contributed by atoms with van der Waals surface area (Å²) < 4.78 is 32.5. The monoisotopic (exact) mass is 388 g/mol. The summed E-state index contributed by atoms with van der Waals surface area (Å²) in [5.74, 6) is 0. The minimum Gasteiger partial charge on any atom is -0.383 e. The maximum Gasteiger partial charge on any atom is 0.244 e. The number of methoxy groups -OCH3 is 1. The van der Waals surface area contributed by atoms with E-state index < -0.39 is 10.0 Å². The van der Waals surface area contributed by atoms with Gasteiger partial charge in [0.1, 0.15) is 4.90 Å². The van der Waals surface area contributed by atoms with Gasteiger partial charge < -0.3 is 4.74 Å². The highest BCUT2D eigenvalue weighted by Gasteiger charge is 2.27. The first-order valence-electron chi connectivity index (χ1n) is 7.20. The number of ether oxygens (including phenoxy) is 1. The van der Waals surface area contributed by atoms with Gasteiger partial charge in [0.05, 0.1) is 11.6 Å². The molecule has 1 aromatic carbocycles. The van der Waals surface area contributed by atoms with Gasteiger partial charge in [-0.2, -0.15) is 4.31 Å². The molecule has 0 unspecified atom stereocenters. The first-order valence-corrected chi connectivity index (χ1v) is 9.39. The van der Waals surface area contributed by atoms with Crippen LogP contribution in [0.2, 0.25) is 10.0 Å². The van der Waals surface area contributed by atoms with E-state index in [4.69, 9.17) is 27.9 Å². The van der Waals surface area contributed by atoms with Crippen LogP contribution in [0.15, 0.2) is 41.6 Å². The number of pyridine rings is 1. The second-order valence-electron chi connectivity index (χ2n) is 5.22. The summed E-state index contributed by atoms with van der Waals surface area (Å²) in [6.45, 7) is 2.42. The third-order valence-corrected chi connectivity index (χ3v) is 6.20. The fraction of sp³-hybridized carbons (Fsp3) is 0.312. The molecular formula is C16H18Cl2N2O3S. The average Bonchev–Trinajstić information content (AvgIpc) is 2.55. The molecule has 0 aliphatic carbocycles. The highest BCUT2D eigenvalue weighted by Crippen LogP contribution is 2.30. The first-order chi connectivity index (χ1) is 11.4. The van der Waals surface area contributed by atoms with Crippen LogP contribution in [-0.2, 0) is 21.3 Å². The number of nitrogens with zero attached hydrogens (tertiary/aromatic N) is 2. The van der Waals surface area contributed by atoms with Gasteiger partial charge in [0.15, 0.2) is 0 Å². The predicted octanol–water partition coefficient (Wildman–Crippen LogP) is 3.53. The van der Waals surface area contributed by atoms with E-state index in [1.165, 1.54) is 23.5 Å². The lowest BCUT2D eigenvalue weighted by atomic mass is 10.2. The van der Waals surface area contributed by atoms with Crippen molar-refractivity contribution in [3.8, 4) is 0 Å². The molecule has 0 atom stereocenters. The normalized spacial score (nSPS) is 11.9. The molecule has 1 heterocycles. The summed E-state index contributed by atoms with van der Waals surface area (Å²) in [6.07, 6.45) is 3.24. The van der Waals surface area contributed by atoms with Crippen LogP contribution in [-0.4, -0.2) is 38.0 Å². The van der Waals surface area contributed by atoms with Crippen molar-refractivity contribution in [2.75, 3.05) is 20.3 Å². The molecule has 0 radical (unpaired) electrons. The van der Waals surface area contributed by atoms with Crippen LogP contribution in [0.1, 0.15) is 11.1 Å². The van der Waals surface area contributed by atoms with E-state index in [-0.39, 0.29) is 29.6 Å². The lowest BCUT2D eigenvalue weighted by Gasteiger charge is -2.23. The van der Waals surface area contributed by atoms with Gasteiger partial charge in [-0.3, -0.25) is 4.98 Å². The fourth-order valence-corrected chi connectivity index (χ4v) is 4.36. The van der Waals surface area contributed by atoms with Gasteiger partial charge in [0, 0.05) is 37.6 Å². The van der Waals surface area contributed by atoms with Gasteiger partial charge in [0.2, 0.25) is 10.0 Å². The topological polar surface area (TPSA) is 59.5 Å². The highest BCUT2D eigenvalue weighted by molar-refractivity contribution is 7.89. The van der Waals surface area contributed by atoms with Crippen LogP contribution in [0.4, 0.5) is 0 Å². The Kier molecular flexibility index (Phi) is 6.60. The van der Waals surface area contributed by atoms with Crippen LogP contribution >= 0.6 is 23.2 Å². The van der Waals surface area contributed by atoms with Crippen molar-refractivity contribution in [2.24, 2.45) is 0 Å². The molecular weight excluding hydrogens is 371 g/mol. The Morgan fingerprint density at radius 1 is 1.17 bits per heavy atom. The molecule has 8 heteroatoms. The van der Waals surface area contributed by atoms with E-state index >= 15 is 0 Å². The lowest BCUT2D eigenvalue weighted by Crippen LogP contribution is -2.33. The van der Waals surface area contributed by atoms with Crippen molar-refractivity contribution in [2.45, 2.75) is 18.4 Å². The summed E-state index contributed by atoms with van der Waals surface area (Å²) in [6, 6.07) is 6.48. The Bertz CT molecular complexity index is 798. The Hall–Kier alpha value is -1.18. The quantitative estimate of drug-likeness (QED) is 0.727. The van der Waals surface area contributed by atoms with Crippen molar-refractivity contribution in [3.05, 3.63) is 57.8 Å².